The number of hydrogen-bond donors (Lipinski definition) is 1. The minimum Gasteiger partial charge on any atom is -0.478 e. The number of carboxylic acids is 1. The van der Waals surface area contributed by atoms with Gasteiger partial charge in [-0.2, -0.15) is 0 Å². The fourth-order valence-corrected chi connectivity index (χ4v) is 2.19. The number of aromatic nitrogens is 2. The smallest absolute Gasteiger partial charge is 0.328 e. The lowest BCUT2D eigenvalue weighted by Gasteiger charge is -2.01. The summed E-state index contributed by atoms with van der Waals surface area (Å²) in [4.78, 5) is 18.6. The first-order chi connectivity index (χ1) is 9.24. The highest BCUT2D eigenvalue weighted by Gasteiger charge is 1.97. The molecular weight excluding hydrogens is 260 g/mol. The molecule has 0 atom stereocenters. The molecule has 0 aliphatic rings. The van der Waals surface area contributed by atoms with Crippen LogP contribution in [-0.4, -0.2) is 21.0 Å². The van der Waals surface area contributed by atoms with Crippen LogP contribution in [0.2, 0.25) is 0 Å². The van der Waals surface area contributed by atoms with Gasteiger partial charge in [-0.1, -0.05) is 24.3 Å². The molecule has 96 valence electrons. The van der Waals surface area contributed by atoms with Gasteiger partial charge < -0.3 is 5.11 Å². The predicted molar refractivity (Wildman–Crippen MR) is 74.7 cm³/mol. The molecule has 1 aromatic carbocycles. The molecular formula is C14H12N2O2S. The van der Waals surface area contributed by atoms with Crippen molar-refractivity contribution in [3.8, 4) is 0 Å². The second-order valence-corrected chi connectivity index (χ2v) is 4.74. The third kappa shape index (κ3) is 4.56. The van der Waals surface area contributed by atoms with E-state index >= 15 is 0 Å². The molecule has 0 spiro atoms. The van der Waals surface area contributed by atoms with Gasteiger partial charge in [-0.25, -0.2) is 9.78 Å². The third-order valence-electron chi connectivity index (χ3n) is 2.32. The van der Waals surface area contributed by atoms with Gasteiger partial charge >= 0.3 is 5.97 Å². The van der Waals surface area contributed by atoms with Crippen LogP contribution in [0.5, 0.6) is 0 Å². The van der Waals surface area contributed by atoms with Crippen LogP contribution < -0.4 is 0 Å². The zero-order chi connectivity index (χ0) is 13.5. The Morgan fingerprint density at radius 2 is 2.05 bits per heavy atom. The van der Waals surface area contributed by atoms with E-state index in [9.17, 15) is 4.79 Å². The predicted octanol–water partition coefficient (Wildman–Crippen LogP) is 2.87. The van der Waals surface area contributed by atoms with Crippen molar-refractivity contribution in [2.24, 2.45) is 0 Å². The standard InChI is InChI=1S/C14H12N2O2S/c17-14(18)6-5-11-1-3-12(4-2-11)10-19-13-9-15-7-8-16-13/h1-9H,10H2,(H,17,18). The normalized spacial score (nSPS) is 10.7. The summed E-state index contributed by atoms with van der Waals surface area (Å²) in [5, 5.41) is 9.42. The van der Waals surface area contributed by atoms with Crippen LogP contribution >= 0.6 is 11.8 Å². The Morgan fingerprint density at radius 3 is 2.68 bits per heavy atom. The van der Waals surface area contributed by atoms with Gasteiger partial charge in [-0.15, -0.1) is 11.8 Å². The summed E-state index contributed by atoms with van der Waals surface area (Å²) in [6.07, 6.45) is 7.75. The van der Waals surface area contributed by atoms with E-state index in [0.29, 0.717) is 0 Å². The second-order valence-electron chi connectivity index (χ2n) is 3.75. The van der Waals surface area contributed by atoms with E-state index in [1.807, 2.05) is 24.3 Å². The van der Waals surface area contributed by atoms with E-state index < -0.39 is 5.97 Å². The zero-order valence-corrected chi connectivity index (χ0v) is 10.9. The Kier molecular flexibility index (Phi) is 4.69. The van der Waals surface area contributed by atoms with Crippen molar-refractivity contribution in [1.29, 1.82) is 0 Å². The van der Waals surface area contributed by atoms with Crippen molar-refractivity contribution in [2.45, 2.75) is 10.8 Å². The number of carboxylic acid groups (broad SMARTS) is 1. The maximum Gasteiger partial charge on any atom is 0.328 e. The van der Waals surface area contributed by atoms with E-state index in [4.69, 9.17) is 5.11 Å². The SMILES string of the molecule is O=C(O)C=Cc1ccc(CSc2cnccn2)cc1. The number of nitrogens with zero attached hydrogens (tertiary/aromatic N) is 2. The van der Waals surface area contributed by atoms with Crippen molar-refractivity contribution in [3.05, 3.63) is 60.1 Å². The molecule has 2 aromatic rings. The summed E-state index contributed by atoms with van der Waals surface area (Å²) in [7, 11) is 0. The Labute approximate surface area is 115 Å². The van der Waals surface area contributed by atoms with Gasteiger partial charge in [0.1, 0.15) is 5.03 Å². The van der Waals surface area contributed by atoms with Crippen molar-refractivity contribution in [2.75, 3.05) is 0 Å². The van der Waals surface area contributed by atoms with E-state index in [2.05, 4.69) is 9.97 Å². The van der Waals surface area contributed by atoms with E-state index in [0.717, 1.165) is 28.0 Å². The van der Waals surface area contributed by atoms with Crippen LogP contribution in [0, 0.1) is 0 Å². The summed E-state index contributed by atoms with van der Waals surface area (Å²) in [5.41, 5.74) is 2.03. The molecule has 1 aromatic heterocycles. The highest BCUT2D eigenvalue weighted by atomic mass is 32.2. The summed E-state index contributed by atoms with van der Waals surface area (Å²) in [6, 6.07) is 7.74. The van der Waals surface area contributed by atoms with Gasteiger partial charge in [0.2, 0.25) is 0 Å². The lowest BCUT2D eigenvalue weighted by molar-refractivity contribution is -0.131. The highest BCUT2D eigenvalue weighted by Crippen LogP contribution is 2.19. The van der Waals surface area contributed by atoms with Crippen LogP contribution in [0.1, 0.15) is 11.1 Å². The number of aliphatic carboxylic acids is 1. The van der Waals surface area contributed by atoms with Crippen molar-refractivity contribution in [1.82, 2.24) is 9.97 Å². The van der Waals surface area contributed by atoms with E-state index in [1.165, 1.54) is 0 Å². The average molecular weight is 272 g/mol. The molecule has 1 heterocycles. The van der Waals surface area contributed by atoms with Crippen LogP contribution in [0.3, 0.4) is 0 Å². The zero-order valence-electron chi connectivity index (χ0n) is 10.1. The summed E-state index contributed by atoms with van der Waals surface area (Å²) < 4.78 is 0. The maximum atomic E-state index is 10.4. The molecule has 0 radical (unpaired) electrons. The quantitative estimate of drug-likeness (QED) is 0.670. The van der Waals surface area contributed by atoms with Gasteiger partial charge in [0.15, 0.2) is 0 Å². The van der Waals surface area contributed by atoms with Crippen molar-refractivity contribution in [3.63, 3.8) is 0 Å². The van der Waals surface area contributed by atoms with Crippen molar-refractivity contribution >= 4 is 23.8 Å². The number of carbonyl (C=O) groups is 1. The van der Waals surface area contributed by atoms with Gasteiger partial charge in [0, 0.05) is 24.2 Å². The average Bonchev–Trinajstić information content (AvgIpc) is 2.45. The molecule has 1 N–H and O–H groups in total. The molecule has 0 bridgehead atoms. The molecule has 0 aliphatic carbocycles. The van der Waals surface area contributed by atoms with E-state index in [1.54, 1.807) is 36.4 Å². The molecule has 0 fully saturated rings. The number of rotatable bonds is 5. The Balaban J connectivity index is 1.94. The monoisotopic (exact) mass is 272 g/mol. The number of thioether (sulfide) groups is 1. The van der Waals surface area contributed by atoms with E-state index in [-0.39, 0.29) is 0 Å². The largest absolute Gasteiger partial charge is 0.478 e. The van der Waals surface area contributed by atoms with Crippen LogP contribution in [0.15, 0.2) is 54.0 Å². The summed E-state index contributed by atoms with van der Waals surface area (Å²) in [5.74, 6) is -0.135. The molecule has 0 saturated heterocycles. The third-order valence-corrected chi connectivity index (χ3v) is 3.31. The number of hydrogen-bond acceptors (Lipinski definition) is 4. The minimum absolute atomic E-state index is 0.807. The minimum atomic E-state index is -0.942. The van der Waals surface area contributed by atoms with Gasteiger partial charge in [0.05, 0.1) is 6.20 Å². The molecule has 4 nitrogen and oxygen atoms in total. The van der Waals surface area contributed by atoms with Crippen LogP contribution in [-0.2, 0) is 10.5 Å². The second kappa shape index (κ2) is 6.70. The van der Waals surface area contributed by atoms with Gasteiger partial charge in [-0.3, -0.25) is 4.98 Å². The highest BCUT2D eigenvalue weighted by molar-refractivity contribution is 7.98. The summed E-state index contributed by atoms with van der Waals surface area (Å²) >= 11 is 1.61. The Hall–Kier alpha value is -2.14. The molecule has 0 unspecified atom stereocenters. The van der Waals surface area contributed by atoms with Gasteiger partial charge in [0.25, 0.3) is 0 Å². The van der Waals surface area contributed by atoms with Crippen molar-refractivity contribution < 1.29 is 9.90 Å². The molecule has 0 amide bonds. The summed E-state index contributed by atoms with van der Waals surface area (Å²) in [6.45, 7) is 0. The van der Waals surface area contributed by atoms with Gasteiger partial charge in [-0.05, 0) is 17.2 Å². The Morgan fingerprint density at radius 1 is 1.26 bits per heavy atom. The van der Waals surface area contributed by atoms with Crippen LogP contribution in [0.25, 0.3) is 6.08 Å². The molecule has 0 aliphatic heterocycles. The first-order valence-corrected chi connectivity index (χ1v) is 6.61. The molecule has 5 heteroatoms. The Bertz CT molecular complexity index is 568. The lowest BCUT2D eigenvalue weighted by atomic mass is 10.1. The molecule has 2 rings (SSSR count). The first kappa shape index (κ1) is 13.3. The fourth-order valence-electron chi connectivity index (χ4n) is 1.41. The molecule has 0 saturated carbocycles. The molecule has 19 heavy (non-hydrogen) atoms. The lowest BCUT2D eigenvalue weighted by Crippen LogP contribution is -1.86. The topological polar surface area (TPSA) is 63.1 Å². The fraction of sp³-hybridized carbons (Fsp3) is 0.0714. The maximum absolute atomic E-state index is 10.4. The first-order valence-electron chi connectivity index (χ1n) is 5.63. The number of benzene rings is 1. The van der Waals surface area contributed by atoms with Crippen LogP contribution in [0.4, 0.5) is 0 Å².